The number of rotatable bonds is 0. The van der Waals surface area contributed by atoms with Gasteiger partial charge in [-0.1, -0.05) is 0 Å². The highest BCUT2D eigenvalue weighted by Crippen LogP contribution is 2.15. The van der Waals surface area contributed by atoms with Gasteiger partial charge in [0.1, 0.15) is 5.52 Å². The van der Waals surface area contributed by atoms with Crippen LogP contribution >= 0.6 is 22.6 Å². The van der Waals surface area contributed by atoms with Crippen LogP contribution < -0.4 is 0 Å². The Balaban J connectivity index is 2.87. The van der Waals surface area contributed by atoms with Crippen LogP contribution in [0.3, 0.4) is 0 Å². The summed E-state index contributed by atoms with van der Waals surface area (Å²) in [6.45, 7) is 1.94. The average molecular weight is 259 g/mol. The minimum Gasteiger partial charge on any atom is -0.344 e. The number of aryl methyl sites for hydroxylation is 1. The van der Waals surface area contributed by atoms with Gasteiger partial charge in [0.2, 0.25) is 0 Å². The molecule has 56 valence electrons. The van der Waals surface area contributed by atoms with Crippen molar-refractivity contribution in [3.05, 3.63) is 21.7 Å². The molecule has 0 aliphatic carbocycles. The maximum Gasteiger partial charge on any atom is 0.157 e. The topological polar surface area (TPSA) is 41.6 Å². The second-order valence-corrected chi connectivity index (χ2v) is 3.51. The first-order valence-electron chi connectivity index (χ1n) is 3.23. The Morgan fingerprint density at radius 2 is 2.36 bits per heavy atom. The SMILES string of the molecule is Cc1cnc2[nH]cc(I)c2n1. The van der Waals surface area contributed by atoms with Crippen molar-refractivity contribution in [1.29, 1.82) is 0 Å². The summed E-state index contributed by atoms with van der Waals surface area (Å²) < 4.78 is 1.12. The van der Waals surface area contributed by atoms with Crippen molar-refractivity contribution in [2.75, 3.05) is 0 Å². The summed E-state index contributed by atoms with van der Waals surface area (Å²) in [6.07, 6.45) is 3.67. The zero-order chi connectivity index (χ0) is 7.84. The number of halogens is 1. The molecule has 0 saturated heterocycles. The van der Waals surface area contributed by atoms with E-state index in [0.29, 0.717) is 0 Å². The van der Waals surface area contributed by atoms with Crippen molar-refractivity contribution in [3.63, 3.8) is 0 Å². The van der Waals surface area contributed by atoms with Gasteiger partial charge in [-0.2, -0.15) is 0 Å². The van der Waals surface area contributed by atoms with Gasteiger partial charge in [0, 0.05) is 6.20 Å². The fraction of sp³-hybridized carbons (Fsp3) is 0.143. The minimum atomic E-state index is 0.861. The van der Waals surface area contributed by atoms with Gasteiger partial charge >= 0.3 is 0 Å². The van der Waals surface area contributed by atoms with Crippen LogP contribution in [0.2, 0.25) is 0 Å². The molecule has 2 rings (SSSR count). The van der Waals surface area contributed by atoms with Crippen LogP contribution in [0.1, 0.15) is 5.69 Å². The van der Waals surface area contributed by atoms with Gasteiger partial charge in [-0.05, 0) is 29.5 Å². The lowest BCUT2D eigenvalue weighted by Crippen LogP contribution is -1.84. The van der Waals surface area contributed by atoms with Crippen LogP contribution in [0.5, 0.6) is 0 Å². The molecule has 0 amide bonds. The van der Waals surface area contributed by atoms with Crippen LogP contribution in [-0.2, 0) is 0 Å². The largest absolute Gasteiger partial charge is 0.344 e. The molecule has 0 aliphatic heterocycles. The van der Waals surface area contributed by atoms with Crippen molar-refractivity contribution in [2.24, 2.45) is 0 Å². The van der Waals surface area contributed by atoms with Gasteiger partial charge < -0.3 is 4.98 Å². The third kappa shape index (κ3) is 1.11. The molecular weight excluding hydrogens is 253 g/mol. The fourth-order valence-corrected chi connectivity index (χ4v) is 1.48. The zero-order valence-electron chi connectivity index (χ0n) is 5.93. The summed E-state index contributed by atoms with van der Waals surface area (Å²) in [4.78, 5) is 11.5. The maximum atomic E-state index is 4.33. The summed E-state index contributed by atoms with van der Waals surface area (Å²) in [7, 11) is 0. The first-order valence-corrected chi connectivity index (χ1v) is 4.31. The third-order valence-electron chi connectivity index (χ3n) is 1.45. The smallest absolute Gasteiger partial charge is 0.157 e. The number of hydrogen-bond donors (Lipinski definition) is 1. The average Bonchev–Trinajstić information content (AvgIpc) is 2.33. The molecule has 0 fully saturated rings. The molecule has 0 unspecified atom stereocenters. The molecule has 0 aromatic carbocycles. The van der Waals surface area contributed by atoms with Gasteiger partial charge in [0.05, 0.1) is 15.5 Å². The Hall–Kier alpha value is -0.650. The van der Waals surface area contributed by atoms with Crippen LogP contribution in [0.4, 0.5) is 0 Å². The Morgan fingerprint density at radius 1 is 1.55 bits per heavy atom. The Kier molecular flexibility index (Phi) is 1.56. The first kappa shape index (κ1) is 7.02. The summed E-state index contributed by atoms with van der Waals surface area (Å²) in [5.74, 6) is 0. The standard InChI is InChI=1S/C7H6IN3/c1-4-2-9-7-6(11-4)5(8)3-10-7/h2-3H,1H3,(H,9,10). The lowest BCUT2D eigenvalue weighted by Gasteiger charge is -1.90. The minimum absolute atomic E-state index is 0.861. The number of nitrogens with one attached hydrogen (secondary N) is 1. The summed E-state index contributed by atoms with van der Waals surface area (Å²) in [5, 5.41) is 0. The predicted molar refractivity (Wildman–Crippen MR) is 51.3 cm³/mol. The molecule has 2 aromatic heterocycles. The second kappa shape index (κ2) is 2.44. The molecule has 2 heterocycles. The van der Waals surface area contributed by atoms with Crippen molar-refractivity contribution >= 4 is 33.8 Å². The molecule has 11 heavy (non-hydrogen) atoms. The molecule has 0 bridgehead atoms. The highest BCUT2D eigenvalue weighted by molar-refractivity contribution is 14.1. The van der Waals surface area contributed by atoms with Crippen LogP contribution in [0, 0.1) is 10.5 Å². The highest BCUT2D eigenvalue weighted by atomic mass is 127. The van der Waals surface area contributed by atoms with Crippen molar-refractivity contribution in [1.82, 2.24) is 15.0 Å². The Bertz CT molecular complexity index is 393. The summed E-state index contributed by atoms with van der Waals surface area (Å²) in [5.41, 5.74) is 2.78. The number of H-pyrrole nitrogens is 1. The molecule has 4 heteroatoms. The molecule has 0 atom stereocenters. The van der Waals surface area contributed by atoms with Gasteiger partial charge in [-0.25, -0.2) is 9.97 Å². The molecule has 0 radical (unpaired) electrons. The number of hydrogen-bond acceptors (Lipinski definition) is 2. The van der Waals surface area contributed by atoms with E-state index in [1.807, 2.05) is 13.1 Å². The van der Waals surface area contributed by atoms with Gasteiger partial charge in [0.25, 0.3) is 0 Å². The van der Waals surface area contributed by atoms with E-state index in [1.54, 1.807) is 6.20 Å². The number of aromatic amines is 1. The van der Waals surface area contributed by atoms with E-state index in [4.69, 9.17) is 0 Å². The monoisotopic (exact) mass is 259 g/mol. The third-order valence-corrected chi connectivity index (χ3v) is 2.28. The molecule has 1 N–H and O–H groups in total. The van der Waals surface area contributed by atoms with E-state index >= 15 is 0 Å². The van der Waals surface area contributed by atoms with Gasteiger partial charge in [-0.3, -0.25) is 0 Å². The normalized spacial score (nSPS) is 10.7. The number of nitrogens with zero attached hydrogens (tertiary/aromatic N) is 2. The molecule has 3 nitrogen and oxygen atoms in total. The van der Waals surface area contributed by atoms with E-state index < -0.39 is 0 Å². The lowest BCUT2D eigenvalue weighted by molar-refractivity contribution is 1.17. The highest BCUT2D eigenvalue weighted by Gasteiger charge is 2.01. The quantitative estimate of drug-likeness (QED) is 0.734. The zero-order valence-corrected chi connectivity index (χ0v) is 8.08. The summed E-state index contributed by atoms with van der Waals surface area (Å²) in [6, 6.07) is 0. The van der Waals surface area contributed by atoms with E-state index in [0.717, 1.165) is 20.4 Å². The lowest BCUT2D eigenvalue weighted by atomic mass is 10.4. The molecule has 0 spiro atoms. The number of aromatic nitrogens is 3. The van der Waals surface area contributed by atoms with Crippen LogP contribution in [-0.4, -0.2) is 15.0 Å². The summed E-state index contributed by atoms with van der Waals surface area (Å²) >= 11 is 2.24. The first-order chi connectivity index (χ1) is 5.27. The van der Waals surface area contributed by atoms with E-state index in [2.05, 4.69) is 37.5 Å². The van der Waals surface area contributed by atoms with Crippen LogP contribution in [0.25, 0.3) is 11.2 Å². The van der Waals surface area contributed by atoms with E-state index in [1.165, 1.54) is 0 Å². The van der Waals surface area contributed by atoms with E-state index in [-0.39, 0.29) is 0 Å². The van der Waals surface area contributed by atoms with Crippen molar-refractivity contribution in [2.45, 2.75) is 6.92 Å². The molecule has 0 saturated carbocycles. The van der Waals surface area contributed by atoms with E-state index in [9.17, 15) is 0 Å². The number of fused-ring (bicyclic) bond motifs is 1. The van der Waals surface area contributed by atoms with Crippen LogP contribution in [0.15, 0.2) is 12.4 Å². The fourth-order valence-electron chi connectivity index (χ4n) is 0.950. The van der Waals surface area contributed by atoms with Gasteiger partial charge in [0.15, 0.2) is 5.65 Å². The Morgan fingerprint density at radius 3 is 3.18 bits per heavy atom. The maximum absolute atomic E-state index is 4.33. The molecule has 0 aliphatic rings. The van der Waals surface area contributed by atoms with Crippen molar-refractivity contribution in [3.8, 4) is 0 Å². The van der Waals surface area contributed by atoms with Gasteiger partial charge in [-0.15, -0.1) is 0 Å². The second-order valence-electron chi connectivity index (χ2n) is 2.35. The Labute approximate surface area is 77.4 Å². The molecule has 2 aromatic rings. The predicted octanol–water partition coefficient (Wildman–Crippen LogP) is 1.87. The van der Waals surface area contributed by atoms with Crippen molar-refractivity contribution < 1.29 is 0 Å². The molecular formula is C7H6IN3.